The molecule has 2 aromatic heterocycles. The number of hydrogen-bond acceptors (Lipinski definition) is 4. The van der Waals surface area contributed by atoms with Gasteiger partial charge in [0.15, 0.2) is 11.6 Å². The summed E-state index contributed by atoms with van der Waals surface area (Å²) in [6.07, 6.45) is 6.21. The Balaban J connectivity index is 1.58. The van der Waals surface area contributed by atoms with Crippen LogP contribution in [0, 0.1) is 11.6 Å². The number of aromatic nitrogens is 3. The summed E-state index contributed by atoms with van der Waals surface area (Å²) in [5.74, 6) is -1.29. The lowest BCUT2D eigenvalue weighted by Crippen LogP contribution is -2.27. The molecule has 0 saturated heterocycles. The van der Waals surface area contributed by atoms with Crippen LogP contribution in [0.15, 0.2) is 55.0 Å². The minimum absolute atomic E-state index is 0.204. The first kappa shape index (κ1) is 18.0. The van der Waals surface area contributed by atoms with Crippen molar-refractivity contribution in [2.45, 2.75) is 32.5 Å². The quantitative estimate of drug-likeness (QED) is 0.663. The Morgan fingerprint density at radius 3 is 2.81 bits per heavy atom. The fourth-order valence-electron chi connectivity index (χ4n) is 2.45. The van der Waals surface area contributed by atoms with E-state index in [0.29, 0.717) is 12.4 Å². The van der Waals surface area contributed by atoms with Crippen LogP contribution in [0.1, 0.15) is 18.9 Å². The minimum Gasteiger partial charge on any atom is -0.439 e. The standard InChI is InChI=1S/C19H20F2N4O/c1-14(7-11-25-10-3-9-24-25)23-13-15-4-2-8-22-19(15)26-16-5-6-17(20)18(21)12-16/h2-6,8-10,12,14,23H,7,11,13H2,1H3/t14-/m0/s1. The van der Waals surface area contributed by atoms with Crippen molar-refractivity contribution in [3.63, 3.8) is 0 Å². The first-order valence-corrected chi connectivity index (χ1v) is 8.39. The van der Waals surface area contributed by atoms with Crippen LogP contribution in [0.5, 0.6) is 11.6 Å². The molecular formula is C19H20F2N4O. The molecule has 0 aliphatic carbocycles. The van der Waals surface area contributed by atoms with Gasteiger partial charge in [-0.15, -0.1) is 0 Å². The lowest BCUT2D eigenvalue weighted by atomic mass is 10.2. The highest BCUT2D eigenvalue weighted by Gasteiger charge is 2.10. The maximum absolute atomic E-state index is 13.3. The lowest BCUT2D eigenvalue weighted by Gasteiger charge is -2.15. The van der Waals surface area contributed by atoms with E-state index in [1.807, 2.05) is 29.1 Å². The molecule has 7 heteroatoms. The minimum atomic E-state index is -0.953. The monoisotopic (exact) mass is 358 g/mol. The summed E-state index contributed by atoms with van der Waals surface area (Å²) in [6.45, 7) is 3.47. The van der Waals surface area contributed by atoms with E-state index in [9.17, 15) is 8.78 Å². The van der Waals surface area contributed by atoms with Crippen molar-refractivity contribution >= 4 is 0 Å². The summed E-state index contributed by atoms with van der Waals surface area (Å²) < 4.78 is 33.9. The van der Waals surface area contributed by atoms with Crippen molar-refractivity contribution in [2.75, 3.05) is 0 Å². The zero-order valence-electron chi connectivity index (χ0n) is 14.4. The van der Waals surface area contributed by atoms with E-state index in [-0.39, 0.29) is 11.8 Å². The maximum atomic E-state index is 13.3. The van der Waals surface area contributed by atoms with Crippen molar-refractivity contribution in [3.05, 3.63) is 72.2 Å². The zero-order valence-corrected chi connectivity index (χ0v) is 14.4. The van der Waals surface area contributed by atoms with E-state index in [4.69, 9.17) is 4.74 Å². The molecule has 1 atom stereocenters. The van der Waals surface area contributed by atoms with Crippen LogP contribution >= 0.6 is 0 Å². The van der Waals surface area contributed by atoms with Crippen LogP contribution < -0.4 is 10.1 Å². The first-order valence-electron chi connectivity index (χ1n) is 8.39. The largest absolute Gasteiger partial charge is 0.439 e. The van der Waals surface area contributed by atoms with Gasteiger partial charge in [-0.1, -0.05) is 6.07 Å². The smallest absolute Gasteiger partial charge is 0.223 e. The topological polar surface area (TPSA) is 52.0 Å². The van der Waals surface area contributed by atoms with Gasteiger partial charge in [0.2, 0.25) is 5.88 Å². The van der Waals surface area contributed by atoms with Gasteiger partial charge in [0.25, 0.3) is 0 Å². The highest BCUT2D eigenvalue weighted by Crippen LogP contribution is 2.24. The van der Waals surface area contributed by atoms with Crippen LogP contribution in [0.25, 0.3) is 0 Å². The molecule has 0 bridgehead atoms. The van der Waals surface area contributed by atoms with Gasteiger partial charge in [-0.2, -0.15) is 5.10 Å². The van der Waals surface area contributed by atoms with Crippen LogP contribution in [-0.4, -0.2) is 20.8 Å². The molecule has 5 nitrogen and oxygen atoms in total. The van der Waals surface area contributed by atoms with Gasteiger partial charge >= 0.3 is 0 Å². The van der Waals surface area contributed by atoms with Crippen LogP contribution in [-0.2, 0) is 13.1 Å². The second-order valence-electron chi connectivity index (χ2n) is 5.99. The Morgan fingerprint density at radius 1 is 1.15 bits per heavy atom. The van der Waals surface area contributed by atoms with Gasteiger partial charge in [0.05, 0.1) is 0 Å². The number of ether oxygens (including phenoxy) is 1. The van der Waals surface area contributed by atoms with Crippen molar-refractivity contribution in [1.29, 1.82) is 0 Å². The summed E-state index contributed by atoms with van der Waals surface area (Å²) in [6, 6.07) is 9.26. The molecule has 0 amide bonds. The van der Waals surface area contributed by atoms with E-state index in [2.05, 4.69) is 22.3 Å². The summed E-state index contributed by atoms with van der Waals surface area (Å²) in [5, 5.41) is 7.60. The molecule has 0 fully saturated rings. The molecule has 0 radical (unpaired) electrons. The highest BCUT2D eigenvalue weighted by molar-refractivity contribution is 5.32. The maximum Gasteiger partial charge on any atom is 0.223 e. The van der Waals surface area contributed by atoms with Gasteiger partial charge in [-0.25, -0.2) is 13.8 Å². The molecule has 0 saturated carbocycles. The second kappa shape index (κ2) is 8.53. The number of nitrogens with zero attached hydrogens (tertiary/aromatic N) is 3. The predicted octanol–water partition coefficient (Wildman–Crippen LogP) is 3.92. The number of halogens is 2. The predicted molar refractivity (Wildman–Crippen MR) is 93.8 cm³/mol. The van der Waals surface area contributed by atoms with E-state index >= 15 is 0 Å². The van der Waals surface area contributed by atoms with Crippen LogP contribution in [0.3, 0.4) is 0 Å². The molecule has 26 heavy (non-hydrogen) atoms. The fourth-order valence-corrected chi connectivity index (χ4v) is 2.45. The molecule has 2 heterocycles. The molecule has 0 spiro atoms. The molecule has 0 aliphatic rings. The Morgan fingerprint density at radius 2 is 2.04 bits per heavy atom. The number of hydrogen-bond donors (Lipinski definition) is 1. The molecule has 1 aromatic carbocycles. The Bertz CT molecular complexity index is 839. The number of benzene rings is 1. The third-order valence-electron chi connectivity index (χ3n) is 3.95. The van der Waals surface area contributed by atoms with E-state index in [0.717, 1.165) is 30.7 Å². The van der Waals surface area contributed by atoms with Gasteiger partial charge in [0, 0.05) is 49.4 Å². The van der Waals surface area contributed by atoms with Crippen LogP contribution in [0.2, 0.25) is 0 Å². The molecular weight excluding hydrogens is 338 g/mol. The molecule has 1 N–H and O–H groups in total. The average Bonchev–Trinajstić information content (AvgIpc) is 3.16. The molecule has 3 aromatic rings. The second-order valence-corrected chi connectivity index (χ2v) is 5.99. The number of pyridine rings is 1. The lowest BCUT2D eigenvalue weighted by molar-refractivity contribution is 0.428. The number of rotatable bonds is 8. The van der Waals surface area contributed by atoms with Crippen LogP contribution in [0.4, 0.5) is 8.78 Å². The Labute approximate surface area is 150 Å². The zero-order chi connectivity index (χ0) is 18.4. The first-order chi connectivity index (χ1) is 12.6. The summed E-state index contributed by atoms with van der Waals surface area (Å²) >= 11 is 0. The summed E-state index contributed by atoms with van der Waals surface area (Å²) in [5.41, 5.74) is 0.836. The third kappa shape index (κ3) is 4.86. The molecule has 0 unspecified atom stereocenters. The molecule has 136 valence electrons. The fraction of sp³-hybridized carbons (Fsp3) is 0.263. The number of nitrogens with one attached hydrogen (secondary N) is 1. The third-order valence-corrected chi connectivity index (χ3v) is 3.95. The SMILES string of the molecule is C[C@@H](CCn1cccn1)NCc1cccnc1Oc1ccc(F)c(F)c1. The van der Waals surface area contributed by atoms with Gasteiger partial charge in [0.1, 0.15) is 5.75 Å². The van der Waals surface area contributed by atoms with Gasteiger partial charge in [-0.05, 0) is 37.6 Å². The van der Waals surface area contributed by atoms with Gasteiger partial charge in [-0.3, -0.25) is 4.68 Å². The highest BCUT2D eigenvalue weighted by atomic mass is 19.2. The Hall–Kier alpha value is -2.80. The van der Waals surface area contributed by atoms with Crippen molar-refractivity contribution < 1.29 is 13.5 Å². The van der Waals surface area contributed by atoms with Crippen molar-refractivity contribution in [3.8, 4) is 11.6 Å². The van der Waals surface area contributed by atoms with Gasteiger partial charge < -0.3 is 10.1 Å². The molecule has 0 aliphatic heterocycles. The van der Waals surface area contributed by atoms with E-state index in [1.54, 1.807) is 12.4 Å². The van der Waals surface area contributed by atoms with E-state index < -0.39 is 11.6 Å². The van der Waals surface area contributed by atoms with Crippen molar-refractivity contribution in [1.82, 2.24) is 20.1 Å². The summed E-state index contributed by atoms with van der Waals surface area (Å²) in [7, 11) is 0. The normalized spacial score (nSPS) is 12.1. The van der Waals surface area contributed by atoms with Crippen molar-refractivity contribution in [2.24, 2.45) is 0 Å². The molecule has 3 rings (SSSR count). The Kier molecular flexibility index (Phi) is 5.91. The summed E-state index contributed by atoms with van der Waals surface area (Å²) in [4.78, 5) is 4.20. The average molecular weight is 358 g/mol. The number of aryl methyl sites for hydroxylation is 1. The van der Waals surface area contributed by atoms with E-state index in [1.165, 1.54) is 6.07 Å².